The molecule has 0 aliphatic carbocycles. The van der Waals surface area contributed by atoms with E-state index in [0.717, 1.165) is 42.5 Å². The molecular weight excluding hydrogens is 300 g/mol. The molecule has 2 N–H and O–H groups in total. The highest BCUT2D eigenvalue weighted by molar-refractivity contribution is 5.79. The maximum absolute atomic E-state index is 4.64. The Balaban J connectivity index is 1.91. The van der Waals surface area contributed by atoms with E-state index in [1.807, 2.05) is 55.7 Å². The van der Waals surface area contributed by atoms with Crippen molar-refractivity contribution in [3.8, 4) is 0 Å². The van der Waals surface area contributed by atoms with E-state index in [2.05, 4.69) is 38.6 Å². The summed E-state index contributed by atoms with van der Waals surface area (Å²) in [4.78, 5) is 15.3. The first-order valence-corrected chi connectivity index (χ1v) is 8.23. The second-order valence-electron chi connectivity index (χ2n) is 5.61. The highest BCUT2D eigenvalue weighted by Crippen LogP contribution is 2.10. The van der Waals surface area contributed by atoms with Crippen LogP contribution in [0.25, 0.3) is 0 Å². The molecule has 0 spiro atoms. The SMILES string of the molecule is CCNC(=NCc1ccnc(N(C)C)c1)NCCc1ccccn1. The third kappa shape index (κ3) is 5.87. The number of hydrogen-bond acceptors (Lipinski definition) is 4. The predicted molar refractivity (Wildman–Crippen MR) is 99.3 cm³/mol. The molecule has 6 heteroatoms. The largest absolute Gasteiger partial charge is 0.363 e. The van der Waals surface area contributed by atoms with Crippen LogP contribution in [0.2, 0.25) is 0 Å². The Kier molecular flexibility index (Phi) is 7.01. The van der Waals surface area contributed by atoms with Crippen molar-refractivity contribution in [1.29, 1.82) is 0 Å². The molecule has 0 saturated heterocycles. The average Bonchev–Trinajstić information content (AvgIpc) is 2.61. The number of nitrogens with zero attached hydrogens (tertiary/aromatic N) is 4. The van der Waals surface area contributed by atoms with Gasteiger partial charge in [0, 0.05) is 51.7 Å². The minimum absolute atomic E-state index is 0.613. The van der Waals surface area contributed by atoms with Crippen molar-refractivity contribution in [2.24, 2.45) is 4.99 Å². The molecule has 128 valence electrons. The van der Waals surface area contributed by atoms with E-state index in [4.69, 9.17) is 0 Å². The fraction of sp³-hybridized carbons (Fsp3) is 0.389. The summed E-state index contributed by atoms with van der Waals surface area (Å²) in [5, 5.41) is 6.62. The lowest BCUT2D eigenvalue weighted by atomic mass is 10.2. The topological polar surface area (TPSA) is 65.4 Å². The van der Waals surface area contributed by atoms with Crippen LogP contribution in [0.1, 0.15) is 18.2 Å². The molecule has 0 atom stereocenters. The number of aliphatic imine (C=N–C) groups is 1. The van der Waals surface area contributed by atoms with Crippen LogP contribution in [0.5, 0.6) is 0 Å². The van der Waals surface area contributed by atoms with E-state index in [9.17, 15) is 0 Å². The van der Waals surface area contributed by atoms with Gasteiger partial charge in [0.25, 0.3) is 0 Å². The summed E-state index contributed by atoms with van der Waals surface area (Å²) in [6.45, 7) is 4.30. The van der Waals surface area contributed by atoms with Crippen LogP contribution in [0, 0.1) is 0 Å². The van der Waals surface area contributed by atoms with Gasteiger partial charge in [-0.15, -0.1) is 0 Å². The molecular formula is C18H26N6. The maximum Gasteiger partial charge on any atom is 0.191 e. The molecule has 2 heterocycles. The van der Waals surface area contributed by atoms with Gasteiger partial charge in [0.05, 0.1) is 6.54 Å². The summed E-state index contributed by atoms with van der Waals surface area (Å²) >= 11 is 0. The summed E-state index contributed by atoms with van der Waals surface area (Å²) in [6.07, 6.45) is 4.51. The lowest BCUT2D eigenvalue weighted by Crippen LogP contribution is -2.38. The second kappa shape index (κ2) is 9.50. The maximum atomic E-state index is 4.64. The number of anilines is 1. The minimum atomic E-state index is 0.613. The van der Waals surface area contributed by atoms with E-state index in [1.54, 1.807) is 0 Å². The van der Waals surface area contributed by atoms with E-state index < -0.39 is 0 Å². The van der Waals surface area contributed by atoms with Crippen molar-refractivity contribution in [3.63, 3.8) is 0 Å². The normalized spacial score (nSPS) is 11.2. The summed E-state index contributed by atoms with van der Waals surface area (Å²) in [5.74, 6) is 1.76. The van der Waals surface area contributed by atoms with Gasteiger partial charge in [0.1, 0.15) is 5.82 Å². The van der Waals surface area contributed by atoms with Gasteiger partial charge in [-0.1, -0.05) is 6.07 Å². The van der Waals surface area contributed by atoms with Gasteiger partial charge in [0.2, 0.25) is 0 Å². The molecule has 0 aliphatic rings. The van der Waals surface area contributed by atoms with Gasteiger partial charge >= 0.3 is 0 Å². The van der Waals surface area contributed by atoms with Gasteiger partial charge < -0.3 is 15.5 Å². The van der Waals surface area contributed by atoms with E-state index in [-0.39, 0.29) is 0 Å². The molecule has 0 fully saturated rings. The zero-order valence-electron chi connectivity index (χ0n) is 14.7. The number of nitrogens with one attached hydrogen (secondary N) is 2. The fourth-order valence-electron chi connectivity index (χ4n) is 2.17. The summed E-state index contributed by atoms with van der Waals surface area (Å²) in [5.41, 5.74) is 2.21. The van der Waals surface area contributed by atoms with Crippen LogP contribution in [-0.2, 0) is 13.0 Å². The van der Waals surface area contributed by atoms with Gasteiger partial charge in [-0.05, 0) is 36.8 Å². The number of guanidine groups is 1. The summed E-state index contributed by atoms with van der Waals surface area (Å²) in [6, 6.07) is 10.0. The van der Waals surface area contributed by atoms with Gasteiger partial charge in [-0.25, -0.2) is 9.98 Å². The molecule has 0 unspecified atom stereocenters. The minimum Gasteiger partial charge on any atom is -0.363 e. The summed E-state index contributed by atoms with van der Waals surface area (Å²) in [7, 11) is 3.97. The van der Waals surface area contributed by atoms with Crippen LogP contribution < -0.4 is 15.5 Å². The van der Waals surface area contributed by atoms with Crippen molar-refractivity contribution in [2.75, 3.05) is 32.1 Å². The first kappa shape index (κ1) is 17.7. The molecule has 0 aromatic carbocycles. The molecule has 6 nitrogen and oxygen atoms in total. The molecule has 0 amide bonds. The molecule has 0 radical (unpaired) electrons. The number of rotatable bonds is 7. The zero-order chi connectivity index (χ0) is 17.2. The standard InChI is InChI=1S/C18H26N6/c1-4-19-18(22-12-9-16-7-5-6-10-20-16)23-14-15-8-11-21-17(13-15)24(2)3/h5-8,10-11,13H,4,9,12,14H2,1-3H3,(H2,19,22,23). The van der Waals surface area contributed by atoms with Crippen molar-refractivity contribution >= 4 is 11.8 Å². The Morgan fingerprint density at radius 1 is 1.12 bits per heavy atom. The lowest BCUT2D eigenvalue weighted by molar-refractivity contribution is 0.788. The first-order chi connectivity index (χ1) is 11.7. The molecule has 24 heavy (non-hydrogen) atoms. The Bertz CT molecular complexity index is 639. The van der Waals surface area contributed by atoms with Gasteiger partial charge in [-0.2, -0.15) is 0 Å². The van der Waals surface area contributed by atoms with Crippen molar-refractivity contribution in [1.82, 2.24) is 20.6 Å². The number of aromatic nitrogens is 2. The third-order valence-corrected chi connectivity index (χ3v) is 3.43. The van der Waals surface area contributed by atoms with Gasteiger partial charge in [-0.3, -0.25) is 4.98 Å². The Hall–Kier alpha value is -2.63. The highest BCUT2D eigenvalue weighted by Gasteiger charge is 2.01. The fourth-order valence-corrected chi connectivity index (χ4v) is 2.17. The highest BCUT2D eigenvalue weighted by atomic mass is 15.2. The smallest absolute Gasteiger partial charge is 0.191 e. The van der Waals surface area contributed by atoms with Crippen molar-refractivity contribution < 1.29 is 0 Å². The van der Waals surface area contributed by atoms with Crippen molar-refractivity contribution in [3.05, 3.63) is 54.0 Å². The summed E-state index contributed by atoms with van der Waals surface area (Å²) < 4.78 is 0. The Morgan fingerprint density at radius 2 is 2.00 bits per heavy atom. The first-order valence-electron chi connectivity index (χ1n) is 8.23. The van der Waals surface area contributed by atoms with Crippen molar-refractivity contribution in [2.45, 2.75) is 19.9 Å². The average molecular weight is 326 g/mol. The lowest BCUT2D eigenvalue weighted by Gasteiger charge is -2.13. The predicted octanol–water partition coefficient (Wildman–Crippen LogP) is 1.84. The van der Waals surface area contributed by atoms with Crippen LogP contribution in [0.3, 0.4) is 0 Å². The number of hydrogen-bond donors (Lipinski definition) is 2. The van der Waals surface area contributed by atoms with Crippen LogP contribution in [-0.4, -0.2) is 43.1 Å². The second-order valence-corrected chi connectivity index (χ2v) is 5.61. The van der Waals surface area contributed by atoms with Gasteiger partial charge in [0.15, 0.2) is 5.96 Å². The molecule has 0 bridgehead atoms. The van der Waals surface area contributed by atoms with E-state index in [1.165, 1.54) is 0 Å². The molecule has 0 saturated carbocycles. The van der Waals surface area contributed by atoms with Crippen LogP contribution in [0.4, 0.5) is 5.82 Å². The van der Waals surface area contributed by atoms with Crippen LogP contribution in [0.15, 0.2) is 47.7 Å². The Labute approximate surface area is 144 Å². The Morgan fingerprint density at radius 3 is 2.71 bits per heavy atom. The quantitative estimate of drug-likeness (QED) is 0.600. The molecule has 2 aromatic heterocycles. The molecule has 0 aliphatic heterocycles. The van der Waals surface area contributed by atoms with E-state index in [0.29, 0.717) is 6.54 Å². The third-order valence-electron chi connectivity index (χ3n) is 3.43. The number of pyridine rings is 2. The zero-order valence-corrected chi connectivity index (χ0v) is 14.7. The van der Waals surface area contributed by atoms with E-state index >= 15 is 0 Å². The van der Waals surface area contributed by atoms with Crippen LogP contribution >= 0.6 is 0 Å². The molecule has 2 rings (SSSR count). The monoisotopic (exact) mass is 326 g/mol. The molecule has 2 aromatic rings.